The predicted molar refractivity (Wildman–Crippen MR) is 149 cm³/mol. The molecule has 1 fully saturated rings. The van der Waals surface area contributed by atoms with E-state index in [0.717, 1.165) is 55.6 Å². The van der Waals surface area contributed by atoms with E-state index < -0.39 is 0 Å². The summed E-state index contributed by atoms with van der Waals surface area (Å²) in [6.07, 6.45) is 9.18. The van der Waals surface area contributed by atoms with Gasteiger partial charge in [-0.3, -0.25) is 9.89 Å². The van der Waals surface area contributed by atoms with Gasteiger partial charge in [-0.2, -0.15) is 15.0 Å². The molecule has 2 unspecified atom stereocenters. The van der Waals surface area contributed by atoms with Gasteiger partial charge in [-0.15, -0.1) is 0 Å². The SMILES string of the molecule is CC1CC=CC(C2CN=C(Nc3nc(Sc4ccccc4)nc(N4CCN(CCO)CC4)n3)S2)=CC1. The number of allylic oxidation sites excluding steroid dienone is 3. The van der Waals surface area contributed by atoms with Crippen molar-refractivity contribution in [3.63, 3.8) is 0 Å². The maximum absolute atomic E-state index is 9.26. The Bertz CT molecular complexity index is 1120. The zero-order chi connectivity index (χ0) is 24.7. The van der Waals surface area contributed by atoms with Crippen LogP contribution in [0.25, 0.3) is 0 Å². The normalized spacial score (nSPS) is 22.8. The summed E-state index contributed by atoms with van der Waals surface area (Å²) in [6.45, 7) is 7.33. The van der Waals surface area contributed by atoms with Crippen molar-refractivity contribution in [2.45, 2.75) is 35.1 Å². The highest BCUT2D eigenvalue weighted by molar-refractivity contribution is 8.15. The van der Waals surface area contributed by atoms with E-state index in [9.17, 15) is 5.11 Å². The highest BCUT2D eigenvalue weighted by atomic mass is 32.2. The molecule has 0 spiro atoms. The van der Waals surface area contributed by atoms with E-state index in [4.69, 9.17) is 19.9 Å². The Kier molecular flexibility index (Phi) is 8.58. The molecule has 0 saturated carbocycles. The van der Waals surface area contributed by atoms with Gasteiger partial charge in [-0.1, -0.05) is 55.1 Å². The van der Waals surface area contributed by atoms with Gasteiger partial charge in [0.25, 0.3) is 0 Å². The molecule has 0 amide bonds. The largest absolute Gasteiger partial charge is 0.395 e. The third-order valence-electron chi connectivity index (χ3n) is 6.48. The topological polar surface area (TPSA) is 89.8 Å². The fourth-order valence-corrected chi connectivity index (χ4v) is 6.18. The zero-order valence-corrected chi connectivity index (χ0v) is 22.2. The zero-order valence-electron chi connectivity index (χ0n) is 20.6. The quantitative estimate of drug-likeness (QED) is 0.560. The van der Waals surface area contributed by atoms with Gasteiger partial charge in [-0.25, -0.2) is 0 Å². The van der Waals surface area contributed by atoms with Crippen LogP contribution in [0.1, 0.15) is 19.8 Å². The molecule has 2 aliphatic heterocycles. The van der Waals surface area contributed by atoms with Gasteiger partial charge < -0.3 is 15.3 Å². The Balaban J connectivity index is 1.31. The van der Waals surface area contributed by atoms with E-state index in [2.05, 4.69) is 52.4 Å². The summed E-state index contributed by atoms with van der Waals surface area (Å²) in [7, 11) is 0. The molecule has 3 heterocycles. The van der Waals surface area contributed by atoms with Gasteiger partial charge >= 0.3 is 0 Å². The summed E-state index contributed by atoms with van der Waals surface area (Å²) in [6, 6.07) is 10.2. The Hall–Kier alpha value is -2.40. The lowest BCUT2D eigenvalue weighted by molar-refractivity contribution is 0.188. The molecule has 2 N–H and O–H groups in total. The molecule has 0 radical (unpaired) electrons. The second-order valence-electron chi connectivity index (χ2n) is 9.27. The lowest BCUT2D eigenvalue weighted by atomic mass is 10.1. The Morgan fingerprint density at radius 3 is 2.72 bits per heavy atom. The lowest BCUT2D eigenvalue weighted by Crippen LogP contribution is -2.47. The van der Waals surface area contributed by atoms with Gasteiger partial charge in [0.15, 0.2) is 10.3 Å². The van der Waals surface area contributed by atoms with Crippen LogP contribution in [-0.4, -0.2) is 81.3 Å². The number of amidine groups is 1. The van der Waals surface area contributed by atoms with Crippen molar-refractivity contribution in [1.29, 1.82) is 0 Å². The molecule has 2 atom stereocenters. The van der Waals surface area contributed by atoms with E-state index in [-0.39, 0.29) is 6.61 Å². The molecule has 1 aromatic heterocycles. The maximum atomic E-state index is 9.26. The molecular formula is C26H33N7OS2. The van der Waals surface area contributed by atoms with E-state index in [1.807, 2.05) is 18.2 Å². The number of hydrogen-bond donors (Lipinski definition) is 2. The lowest BCUT2D eigenvalue weighted by Gasteiger charge is -2.34. The predicted octanol–water partition coefficient (Wildman–Crippen LogP) is 3.93. The molecule has 1 aromatic carbocycles. The maximum Gasteiger partial charge on any atom is 0.234 e. The molecule has 1 saturated heterocycles. The first-order valence-corrected chi connectivity index (χ1v) is 14.3. The number of thioether (sulfide) groups is 1. The third kappa shape index (κ3) is 6.67. The number of rotatable bonds is 7. The van der Waals surface area contributed by atoms with Crippen LogP contribution in [0.5, 0.6) is 0 Å². The fourth-order valence-electron chi connectivity index (χ4n) is 4.39. The van der Waals surface area contributed by atoms with E-state index >= 15 is 0 Å². The summed E-state index contributed by atoms with van der Waals surface area (Å²) in [5, 5.41) is 14.5. The van der Waals surface area contributed by atoms with Crippen LogP contribution in [-0.2, 0) is 0 Å². The average Bonchev–Trinajstić information content (AvgIpc) is 3.24. The molecule has 8 nitrogen and oxygen atoms in total. The first-order chi connectivity index (χ1) is 17.7. The van der Waals surface area contributed by atoms with Crippen LogP contribution in [0.2, 0.25) is 0 Å². The minimum Gasteiger partial charge on any atom is -0.395 e. The Morgan fingerprint density at radius 1 is 1.08 bits per heavy atom. The van der Waals surface area contributed by atoms with Gasteiger partial charge in [0.1, 0.15) is 0 Å². The van der Waals surface area contributed by atoms with Crippen LogP contribution in [0.4, 0.5) is 11.9 Å². The number of aliphatic hydroxyl groups excluding tert-OH is 1. The van der Waals surface area contributed by atoms with Gasteiger partial charge in [0, 0.05) is 37.6 Å². The number of aliphatic hydroxyl groups is 1. The molecular weight excluding hydrogens is 490 g/mol. The van der Waals surface area contributed by atoms with E-state index in [0.29, 0.717) is 34.8 Å². The van der Waals surface area contributed by atoms with Crippen molar-refractivity contribution in [2.24, 2.45) is 10.9 Å². The highest BCUT2D eigenvalue weighted by Crippen LogP contribution is 2.32. The van der Waals surface area contributed by atoms with E-state index in [1.165, 1.54) is 17.3 Å². The van der Waals surface area contributed by atoms with Crippen molar-refractivity contribution >= 4 is 40.6 Å². The average molecular weight is 524 g/mol. The molecule has 0 bridgehead atoms. The molecule has 5 rings (SSSR count). The monoisotopic (exact) mass is 523 g/mol. The number of β-amino-alcohol motifs (C(OH)–C–C–N with tert-alkyl or cyclic N) is 1. The Labute approximate surface area is 221 Å². The molecule has 1 aliphatic carbocycles. The van der Waals surface area contributed by atoms with Crippen LogP contribution >= 0.6 is 23.5 Å². The molecule has 3 aliphatic rings. The highest BCUT2D eigenvalue weighted by Gasteiger charge is 2.25. The number of nitrogens with one attached hydrogen (secondary N) is 1. The third-order valence-corrected chi connectivity index (χ3v) is 8.51. The summed E-state index contributed by atoms with van der Waals surface area (Å²) in [4.78, 5) is 24.6. The Morgan fingerprint density at radius 2 is 1.92 bits per heavy atom. The number of piperazine rings is 1. The first kappa shape index (κ1) is 25.3. The fraction of sp³-hybridized carbons (Fsp3) is 0.462. The summed E-state index contributed by atoms with van der Waals surface area (Å²) >= 11 is 3.28. The van der Waals surface area contributed by atoms with Gasteiger partial charge in [0.05, 0.1) is 18.4 Å². The number of anilines is 2. The molecule has 190 valence electrons. The minimum atomic E-state index is 0.185. The number of aromatic nitrogens is 3. The number of aliphatic imine (C=N–C) groups is 1. The second kappa shape index (κ2) is 12.2. The number of benzene rings is 1. The van der Waals surface area contributed by atoms with Crippen LogP contribution in [0, 0.1) is 5.92 Å². The number of nitrogens with zero attached hydrogens (tertiary/aromatic N) is 6. The first-order valence-electron chi connectivity index (χ1n) is 12.6. The van der Waals surface area contributed by atoms with Crippen LogP contribution in [0.3, 0.4) is 0 Å². The smallest absolute Gasteiger partial charge is 0.234 e. The summed E-state index contributed by atoms with van der Waals surface area (Å²) in [5.74, 6) is 1.90. The van der Waals surface area contributed by atoms with Crippen molar-refractivity contribution in [3.8, 4) is 0 Å². The molecule has 2 aromatic rings. The van der Waals surface area contributed by atoms with Crippen molar-refractivity contribution in [1.82, 2.24) is 19.9 Å². The van der Waals surface area contributed by atoms with Crippen LogP contribution in [0.15, 0.2) is 69.2 Å². The number of hydrogen-bond acceptors (Lipinski definition) is 10. The molecule has 10 heteroatoms. The van der Waals surface area contributed by atoms with E-state index in [1.54, 1.807) is 11.8 Å². The van der Waals surface area contributed by atoms with Gasteiger partial charge in [0.2, 0.25) is 11.9 Å². The minimum absolute atomic E-state index is 0.185. The van der Waals surface area contributed by atoms with Crippen molar-refractivity contribution in [3.05, 3.63) is 54.1 Å². The van der Waals surface area contributed by atoms with Crippen molar-refractivity contribution < 1.29 is 5.11 Å². The van der Waals surface area contributed by atoms with Gasteiger partial charge in [-0.05, 0) is 48.2 Å². The summed E-state index contributed by atoms with van der Waals surface area (Å²) in [5.41, 5.74) is 1.36. The summed E-state index contributed by atoms with van der Waals surface area (Å²) < 4.78 is 0. The molecule has 36 heavy (non-hydrogen) atoms. The second-order valence-corrected chi connectivity index (χ2v) is 11.5. The standard InChI is InChI=1S/C26H33N7OS2/c1-19-6-5-7-20(11-10-19)22-18-27-25(36-22)29-23-28-24(33-14-12-32(13-15-33)16-17-34)31-26(30-23)35-21-8-3-2-4-9-21/h2-5,7-9,11,19,22,34H,6,10,12-18H2,1H3,(H,27,28,29,30,31). The van der Waals surface area contributed by atoms with Crippen molar-refractivity contribution in [2.75, 3.05) is 56.1 Å². The van der Waals surface area contributed by atoms with Crippen LogP contribution < -0.4 is 10.2 Å².